The third-order valence-corrected chi connectivity index (χ3v) is 3.38. The van der Waals surface area contributed by atoms with E-state index < -0.39 is 6.10 Å². The minimum atomic E-state index is -0.516. The van der Waals surface area contributed by atoms with Crippen LogP contribution in [0.1, 0.15) is 64.7 Å². The van der Waals surface area contributed by atoms with Gasteiger partial charge in [0, 0.05) is 6.08 Å². The Bertz CT molecular complexity index is 260. The lowest BCUT2D eigenvalue weighted by Crippen LogP contribution is -2.13. The van der Waals surface area contributed by atoms with Crippen LogP contribution in [-0.4, -0.2) is 23.3 Å². The highest BCUT2D eigenvalue weighted by Crippen LogP contribution is 2.13. The second kappa shape index (κ2) is 9.15. The van der Waals surface area contributed by atoms with Gasteiger partial charge >= 0.3 is 5.97 Å². The zero-order valence-corrected chi connectivity index (χ0v) is 11.4. The third kappa shape index (κ3) is 7.49. The average Bonchev–Trinajstić information content (AvgIpc) is 2.33. The van der Waals surface area contributed by atoms with Crippen molar-refractivity contribution >= 4 is 5.97 Å². The van der Waals surface area contributed by atoms with Crippen molar-refractivity contribution < 1.29 is 14.6 Å². The number of carbonyl (C=O) groups is 1. The molecule has 1 N–H and O–H groups in total. The van der Waals surface area contributed by atoms with Crippen molar-refractivity contribution in [2.24, 2.45) is 0 Å². The molecule has 0 saturated heterocycles. The van der Waals surface area contributed by atoms with Crippen LogP contribution in [0.15, 0.2) is 12.2 Å². The standard InChI is InChI=1S/C15H26O3/c1-13-9-7-5-3-2-4-6-8-10-14(16)11-12-15(17)18-13/h11-14,16H,2-10H2,1H3/b12-11+/t13?,14-/m0/s1. The van der Waals surface area contributed by atoms with Gasteiger partial charge in [-0.05, 0) is 32.3 Å². The number of esters is 1. The molecule has 0 aromatic rings. The van der Waals surface area contributed by atoms with E-state index in [2.05, 4.69) is 0 Å². The lowest BCUT2D eigenvalue weighted by atomic mass is 10.0. The Labute approximate surface area is 110 Å². The largest absolute Gasteiger partial charge is 0.460 e. The van der Waals surface area contributed by atoms with Gasteiger partial charge < -0.3 is 9.84 Å². The van der Waals surface area contributed by atoms with E-state index in [1.807, 2.05) is 6.92 Å². The normalized spacial score (nSPS) is 30.9. The summed E-state index contributed by atoms with van der Waals surface area (Å²) in [6.45, 7) is 1.93. The zero-order chi connectivity index (χ0) is 13.2. The first-order chi connectivity index (χ1) is 8.68. The fourth-order valence-electron chi connectivity index (χ4n) is 2.25. The van der Waals surface area contributed by atoms with E-state index >= 15 is 0 Å². The molecule has 0 aromatic heterocycles. The van der Waals surface area contributed by atoms with E-state index in [1.165, 1.54) is 38.2 Å². The molecule has 0 amide bonds. The van der Waals surface area contributed by atoms with E-state index in [4.69, 9.17) is 4.74 Å². The second-order valence-electron chi connectivity index (χ2n) is 5.23. The van der Waals surface area contributed by atoms with Crippen LogP contribution in [-0.2, 0) is 9.53 Å². The maximum atomic E-state index is 11.5. The Kier molecular flexibility index (Phi) is 7.74. The molecular weight excluding hydrogens is 228 g/mol. The fourth-order valence-corrected chi connectivity index (χ4v) is 2.25. The summed E-state index contributed by atoms with van der Waals surface area (Å²) in [5, 5.41) is 9.66. The highest BCUT2D eigenvalue weighted by molar-refractivity contribution is 5.82. The minimum Gasteiger partial charge on any atom is -0.460 e. The van der Waals surface area contributed by atoms with E-state index in [0.717, 1.165) is 25.7 Å². The van der Waals surface area contributed by atoms with Crippen molar-refractivity contribution in [1.82, 2.24) is 0 Å². The number of hydrogen-bond donors (Lipinski definition) is 1. The molecule has 1 aliphatic rings. The maximum absolute atomic E-state index is 11.5. The van der Waals surface area contributed by atoms with Crippen molar-refractivity contribution in [3.63, 3.8) is 0 Å². The lowest BCUT2D eigenvalue weighted by Gasteiger charge is -2.11. The number of carbonyl (C=O) groups excluding carboxylic acids is 1. The molecule has 1 aliphatic heterocycles. The van der Waals surface area contributed by atoms with Crippen molar-refractivity contribution in [2.45, 2.75) is 76.9 Å². The second-order valence-corrected chi connectivity index (χ2v) is 5.23. The van der Waals surface area contributed by atoms with Gasteiger partial charge in [-0.3, -0.25) is 0 Å². The highest BCUT2D eigenvalue weighted by atomic mass is 16.5. The number of ether oxygens (including phenoxy) is 1. The van der Waals surface area contributed by atoms with Crippen LogP contribution in [0, 0.1) is 0 Å². The van der Waals surface area contributed by atoms with Crippen LogP contribution >= 0.6 is 0 Å². The van der Waals surface area contributed by atoms with E-state index in [1.54, 1.807) is 6.08 Å². The summed E-state index contributed by atoms with van der Waals surface area (Å²) in [7, 11) is 0. The van der Waals surface area contributed by atoms with Gasteiger partial charge in [0.2, 0.25) is 0 Å². The Balaban J connectivity index is 2.42. The molecule has 3 nitrogen and oxygen atoms in total. The summed E-state index contributed by atoms with van der Waals surface area (Å²) >= 11 is 0. The van der Waals surface area contributed by atoms with Gasteiger partial charge in [-0.25, -0.2) is 4.79 Å². The average molecular weight is 254 g/mol. The molecule has 18 heavy (non-hydrogen) atoms. The molecule has 0 aliphatic carbocycles. The molecule has 0 spiro atoms. The minimum absolute atomic E-state index is 0.0237. The van der Waals surface area contributed by atoms with Crippen LogP contribution < -0.4 is 0 Å². The molecule has 104 valence electrons. The molecule has 0 bridgehead atoms. The van der Waals surface area contributed by atoms with Crippen LogP contribution in [0.5, 0.6) is 0 Å². The topological polar surface area (TPSA) is 46.5 Å². The molecule has 0 fully saturated rings. The summed E-state index contributed by atoms with van der Waals surface area (Å²) in [5.74, 6) is -0.337. The highest BCUT2D eigenvalue weighted by Gasteiger charge is 2.08. The van der Waals surface area contributed by atoms with E-state index in [9.17, 15) is 9.90 Å². The van der Waals surface area contributed by atoms with Crippen molar-refractivity contribution in [3.8, 4) is 0 Å². The quantitative estimate of drug-likeness (QED) is 0.674. The molecule has 1 heterocycles. The fraction of sp³-hybridized carbons (Fsp3) is 0.800. The van der Waals surface area contributed by atoms with Crippen molar-refractivity contribution in [2.75, 3.05) is 0 Å². The first kappa shape index (κ1) is 15.2. The van der Waals surface area contributed by atoms with Gasteiger partial charge in [0.1, 0.15) is 0 Å². The molecule has 1 rings (SSSR count). The molecule has 0 radical (unpaired) electrons. The monoisotopic (exact) mass is 254 g/mol. The number of rotatable bonds is 0. The summed E-state index contributed by atoms with van der Waals surface area (Å²) < 4.78 is 5.24. The predicted octanol–water partition coefficient (Wildman–Crippen LogP) is 3.36. The van der Waals surface area contributed by atoms with Gasteiger partial charge in [-0.2, -0.15) is 0 Å². The summed E-state index contributed by atoms with van der Waals surface area (Å²) in [6.07, 6.45) is 12.4. The van der Waals surface area contributed by atoms with Gasteiger partial charge in [-0.15, -0.1) is 0 Å². The van der Waals surface area contributed by atoms with Crippen LogP contribution in [0.25, 0.3) is 0 Å². The van der Waals surface area contributed by atoms with Gasteiger partial charge in [0.15, 0.2) is 0 Å². The Morgan fingerprint density at radius 1 is 1.06 bits per heavy atom. The number of hydrogen-bond acceptors (Lipinski definition) is 3. The van der Waals surface area contributed by atoms with E-state index in [0.29, 0.717) is 0 Å². The molecule has 1 unspecified atom stereocenters. The molecular formula is C15H26O3. The predicted molar refractivity (Wildman–Crippen MR) is 72.3 cm³/mol. The van der Waals surface area contributed by atoms with Crippen molar-refractivity contribution in [1.29, 1.82) is 0 Å². The Hall–Kier alpha value is -0.830. The van der Waals surface area contributed by atoms with Gasteiger partial charge in [0.05, 0.1) is 12.2 Å². The number of aliphatic hydroxyl groups excluding tert-OH is 1. The summed E-state index contributed by atoms with van der Waals surface area (Å²) in [6, 6.07) is 0. The number of aliphatic hydroxyl groups is 1. The van der Waals surface area contributed by atoms with Gasteiger partial charge in [-0.1, -0.05) is 38.5 Å². The Morgan fingerprint density at radius 3 is 2.28 bits per heavy atom. The lowest BCUT2D eigenvalue weighted by molar-refractivity contribution is -0.142. The van der Waals surface area contributed by atoms with Gasteiger partial charge in [0.25, 0.3) is 0 Å². The zero-order valence-electron chi connectivity index (χ0n) is 11.4. The van der Waals surface area contributed by atoms with Crippen molar-refractivity contribution in [3.05, 3.63) is 12.2 Å². The molecule has 2 atom stereocenters. The first-order valence-electron chi connectivity index (χ1n) is 7.25. The third-order valence-electron chi connectivity index (χ3n) is 3.38. The molecule has 3 heteroatoms. The smallest absolute Gasteiger partial charge is 0.330 e. The number of cyclic esters (lactones) is 1. The Morgan fingerprint density at radius 2 is 1.61 bits per heavy atom. The first-order valence-corrected chi connectivity index (χ1v) is 7.25. The maximum Gasteiger partial charge on any atom is 0.330 e. The summed E-state index contributed by atoms with van der Waals surface area (Å²) in [4.78, 5) is 11.5. The van der Waals surface area contributed by atoms with Crippen LogP contribution in [0.2, 0.25) is 0 Å². The van der Waals surface area contributed by atoms with E-state index in [-0.39, 0.29) is 12.1 Å². The van der Waals surface area contributed by atoms with Crippen LogP contribution in [0.4, 0.5) is 0 Å². The molecule has 0 saturated carbocycles. The summed E-state index contributed by atoms with van der Waals surface area (Å²) in [5.41, 5.74) is 0. The SMILES string of the molecule is CC1CCCCCCCCC[C@H](O)/C=C/C(=O)O1. The van der Waals surface area contributed by atoms with Crippen LogP contribution in [0.3, 0.4) is 0 Å². The molecule has 0 aromatic carbocycles.